The first kappa shape index (κ1) is 23.8. The van der Waals surface area contributed by atoms with Gasteiger partial charge in [-0.2, -0.15) is 0 Å². The number of nitrogens with one attached hydrogen (secondary N) is 2. The van der Waals surface area contributed by atoms with Crippen molar-refractivity contribution in [3.05, 3.63) is 70.0 Å². The molecule has 2 N–H and O–H groups in total. The molecular weight excluding hydrogens is 455 g/mol. The third kappa shape index (κ3) is 5.60. The van der Waals surface area contributed by atoms with E-state index < -0.39 is 0 Å². The maximum Gasteiger partial charge on any atom is 0.272 e. The summed E-state index contributed by atoms with van der Waals surface area (Å²) in [6.45, 7) is 4.66. The van der Waals surface area contributed by atoms with E-state index >= 15 is 0 Å². The summed E-state index contributed by atoms with van der Waals surface area (Å²) in [5, 5.41) is 7.93. The summed E-state index contributed by atoms with van der Waals surface area (Å²) in [6.07, 6.45) is 5.56. The minimum absolute atomic E-state index is 0.136. The Balaban J connectivity index is 1.85. The number of hydrogen-bond donors (Lipinski definition) is 2. The zero-order chi connectivity index (χ0) is 23.4. The molecule has 1 heterocycles. The quantitative estimate of drug-likeness (QED) is 0.407. The van der Waals surface area contributed by atoms with Crippen molar-refractivity contribution in [3.8, 4) is 17.1 Å². The van der Waals surface area contributed by atoms with Crippen LogP contribution in [0, 0.1) is 0 Å². The Hall–Kier alpha value is -2.34. The highest BCUT2D eigenvalue weighted by Gasteiger charge is 2.27. The van der Waals surface area contributed by atoms with Gasteiger partial charge in [0.05, 0.1) is 10.7 Å². The molecule has 33 heavy (non-hydrogen) atoms. The van der Waals surface area contributed by atoms with Gasteiger partial charge in [0, 0.05) is 34.9 Å². The molecule has 1 aromatic heterocycles. The van der Waals surface area contributed by atoms with Crippen LogP contribution in [-0.2, 0) is 6.54 Å². The maximum atomic E-state index is 13.5. The Kier molecular flexibility index (Phi) is 7.74. The SMILES string of the molecule is CC(C)NCc1c(C(=O)NC2CCCCC2)nc(-c2ccccc2Cl)n1-c1ccc(Cl)cc1. The van der Waals surface area contributed by atoms with Gasteiger partial charge in [-0.3, -0.25) is 9.36 Å². The van der Waals surface area contributed by atoms with Gasteiger partial charge in [-0.15, -0.1) is 0 Å². The van der Waals surface area contributed by atoms with Crippen molar-refractivity contribution in [2.45, 2.75) is 64.6 Å². The number of nitrogens with zero attached hydrogens (tertiary/aromatic N) is 2. The first-order valence-corrected chi connectivity index (χ1v) is 12.4. The van der Waals surface area contributed by atoms with E-state index in [9.17, 15) is 4.79 Å². The molecule has 2 aromatic carbocycles. The van der Waals surface area contributed by atoms with E-state index in [1.54, 1.807) is 0 Å². The molecule has 1 saturated carbocycles. The minimum Gasteiger partial charge on any atom is -0.348 e. The normalized spacial score (nSPS) is 14.6. The number of benzene rings is 2. The molecule has 5 nitrogen and oxygen atoms in total. The molecule has 3 aromatic rings. The van der Waals surface area contributed by atoms with Gasteiger partial charge in [-0.1, -0.05) is 68.4 Å². The van der Waals surface area contributed by atoms with E-state index in [4.69, 9.17) is 28.2 Å². The number of amides is 1. The van der Waals surface area contributed by atoms with Crippen LogP contribution in [0.25, 0.3) is 17.1 Å². The molecule has 174 valence electrons. The lowest BCUT2D eigenvalue weighted by atomic mass is 9.95. The maximum absolute atomic E-state index is 13.5. The molecule has 7 heteroatoms. The molecule has 0 bridgehead atoms. The summed E-state index contributed by atoms with van der Waals surface area (Å²) < 4.78 is 2.02. The second-order valence-corrected chi connectivity index (χ2v) is 9.71. The molecule has 0 atom stereocenters. The van der Waals surface area contributed by atoms with Gasteiger partial charge >= 0.3 is 0 Å². The van der Waals surface area contributed by atoms with Crippen molar-refractivity contribution < 1.29 is 4.79 Å². The van der Waals surface area contributed by atoms with Crippen LogP contribution in [0.4, 0.5) is 0 Å². The Bertz CT molecular complexity index is 1100. The van der Waals surface area contributed by atoms with Gasteiger partial charge in [0.25, 0.3) is 5.91 Å². The van der Waals surface area contributed by atoms with E-state index in [0.29, 0.717) is 28.1 Å². The lowest BCUT2D eigenvalue weighted by Crippen LogP contribution is -2.37. The molecule has 1 amide bonds. The summed E-state index contributed by atoms with van der Waals surface area (Å²) in [5.74, 6) is 0.501. The van der Waals surface area contributed by atoms with E-state index in [1.807, 2.05) is 53.1 Å². The van der Waals surface area contributed by atoms with Crippen LogP contribution in [0.5, 0.6) is 0 Å². The largest absolute Gasteiger partial charge is 0.348 e. The topological polar surface area (TPSA) is 59.0 Å². The molecule has 0 saturated heterocycles. The summed E-state index contributed by atoms with van der Waals surface area (Å²) in [5.41, 5.74) is 2.88. The zero-order valence-corrected chi connectivity index (χ0v) is 20.6. The van der Waals surface area contributed by atoms with Crippen LogP contribution in [-0.4, -0.2) is 27.5 Å². The highest BCUT2D eigenvalue weighted by Crippen LogP contribution is 2.32. The summed E-state index contributed by atoms with van der Waals surface area (Å²) >= 11 is 12.7. The van der Waals surface area contributed by atoms with Crippen LogP contribution in [0.1, 0.15) is 62.1 Å². The second-order valence-electron chi connectivity index (χ2n) is 8.87. The molecule has 4 rings (SSSR count). The average Bonchev–Trinajstić information content (AvgIpc) is 3.18. The molecular formula is C26H30Cl2N4O. The summed E-state index contributed by atoms with van der Waals surface area (Å²) in [4.78, 5) is 18.4. The fraction of sp³-hybridized carbons (Fsp3) is 0.385. The fourth-order valence-electron chi connectivity index (χ4n) is 4.29. The lowest BCUT2D eigenvalue weighted by Gasteiger charge is -2.22. The predicted molar refractivity (Wildman–Crippen MR) is 135 cm³/mol. The summed E-state index contributed by atoms with van der Waals surface area (Å²) in [7, 11) is 0. The van der Waals surface area contributed by atoms with E-state index in [0.717, 1.165) is 42.6 Å². The molecule has 1 aliphatic carbocycles. The van der Waals surface area contributed by atoms with Crippen LogP contribution in [0.2, 0.25) is 10.0 Å². The van der Waals surface area contributed by atoms with Crippen molar-refractivity contribution >= 4 is 29.1 Å². The Morgan fingerprint density at radius 1 is 1.06 bits per heavy atom. The van der Waals surface area contributed by atoms with Crippen LogP contribution < -0.4 is 10.6 Å². The molecule has 1 fully saturated rings. The van der Waals surface area contributed by atoms with Gasteiger partial charge in [0.1, 0.15) is 5.82 Å². The number of carbonyl (C=O) groups excluding carboxylic acids is 1. The van der Waals surface area contributed by atoms with Crippen LogP contribution >= 0.6 is 23.2 Å². The highest BCUT2D eigenvalue weighted by atomic mass is 35.5. The van der Waals surface area contributed by atoms with Gasteiger partial charge < -0.3 is 10.6 Å². The van der Waals surface area contributed by atoms with E-state index in [1.165, 1.54) is 6.42 Å². The highest BCUT2D eigenvalue weighted by molar-refractivity contribution is 6.33. The first-order chi connectivity index (χ1) is 15.9. The van der Waals surface area contributed by atoms with Crippen molar-refractivity contribution in [2.75, 3.05) is 0 Å². The van der Waals surface area contributed by atoms with Gasteiger partial charge in [-0.25, -0.2) is 4.98 Å². The van der Waals surface area contributed by atoms with Gasteiger partial charge in [0.15, 0.2) is 5.69 Å². The number of rotatable bonds is 7. The third-order valence-corrected chi connectivity index (χ3v) is 6.59. The number of halogens is 2. The Morgan fingerprint density at radius 3 is 2.42 bits per heavy atom. The van der Waals surface area contributed by atoms with E-state index in [2.05, 4.69) is 24.5 Å². The average molecular weight is 485 g/mol. The van der Waals surface area contributed by atoms with Crippen LogP contribution in [0.15, 0.2) is 48.5 Å². The van der Waals surface area contributed by atoms with E-state index in [-0.39, 0.29) is 18.0 Å². The Labute approximate surface area is 205 Å². The van der Waals surface area contributed by atoms with Gasteiger partial charge in [-0.05, 0) is 49.2 Å². The number of hydrogen-bond acceptors (Lipinski definition) is 3. The Morgan fingerprint density at radius 2 is 1.76 bits per heavy atom. The predicted octanol–water partition coefficient (Wildman–Crippen LogP) is 6.41. The summed E-state index contributed by atoms with van der Waals surface area (Å²) in [6, 6.07) is 15.6. The molecule has 0 radical (unpaired) electrons. The number of carbonyl (C=O) groups is 1. The molecule has 0 spiro atoms. The monoisotopic (exact) mass is 484 g/mol. The third-order valence-electron chi connectivity index (χ3n) is 6.01. The van der Waals surface area contributed by atoms with Crippen LogP contribution in [0.3, 0.4) is 0 Å². The standard InChI is InChI=1S/C26H30Cl2N4O/c1-17(2)29-16-23-24(26(33)30-19-8-4-3-5-9-19)31-25(21-10-6-7-11-22(21)28)32(23)20-14-12-18(27)13-15-20/h6-7,10-15,17,19,29H,3-5,8-9,16H2,1-2H3,(H,30,33). The number of imidazole rings is 1. The van der Waals surface area contributed by atoms with Crippen molar-refractivity contribution in [2.24, 2.45) is 0 Å². The second kappa shape index (κ2) is 10.7. The number of aromatic nitrogens is 2. The minimum atomic E-state index is -0.136. The first-order valence-electron chi connectivity index (χ1n) is 11.6. The van der Waals surface area contributed by atoms with Crippen molar-refractivity contribution in [1.29, 1.82) is 0 Å². The smallest absolute Gasteiger partial charge is 0.272 e. The van der Waals surface area contributed by atoms with Crippen molar-refractivity contribution in [3.63, 3.8) is 0 Å². The van der Waals surface area contributed by atoms with Crippen molar-refractivity contribution in [1.82, 2.24) is 20.2 Å². The fourth-order valence-corrected chi connectivity index (χ4v) is 4.64. The molecule has 1 aliphatic rings. The lowest BCUT2D eigenvalue weighted by molar-refractivity contribution is 0.0922. The molecule has 0 aliphatic heterocycles. The zero-order valence-electron chi connectivity index (χ0n) is 19.1. The molecule has 0 unspecified atom stereocenters. The van der Waals surface area contributed by atoms with Gasteiger partial charge in [0.2, 0.25) is 0 Å².